The number of rotatable bonds is 7. The summed E-state index contributed by atoms with van der Waals surface area (Å²) in [6.45, 7) is 0.208. The van der Waals surface area contributed by atoms with Crippen LogP contribution in [0.5, 0.6) is 11.5 Å². The summed E-state index contributed by atoms with van der Waals surface area (Å²) >= 11 is 0. The highest BCUT2D eigenvalue weighted by molar-refractivity contribution is 5.80. The number of hydrogen-bond donors (Lipinski definition) is 2. The first-order valence-corrected chi connectivity index (χ1v) is 7.78. The predicted octanol–water partition coefficient (Wildman–Crippen LogP) is 2.23. The van der Waals surface area contributed by atoms with Crippen LogP contribution in [0.15, 0.2) is 18.2 Å². The van der Waals surface area contributed by atoms with Crippen molar-refractivity contribution in [3.63, 3.8) is 0 Å². The first kappa shape index (κ1) is 16.8. The monoisotopic (exact) mass is 307 g/mol. The summed E-state index contributed by atoms with van der Waals surface area (Å²) in [4.78, 5) is 12.0. The third kappa shape index (κ3) is 4.21. The van der Waals surface area contributed by atoms with Crippen molar-refractivity contribution >= 4 is 5.78 Å². The maximum absolute atomic E-state index is 12.0. The first-order valence-electron chi connectivity index (χ1n) is 7.78. The van der Waals surface area contributed by atoms with Crippen LogP contribution in [0.2, 0.25) is 0 Å². The highest BCUT2D eigenvalue weighted by atomic mass is 16.5. The Morgan fingerprint density at radius 3 is 2.64 bits per heavy atom. The van der Waals surface area contributed by atoms with Crippen LogP contribution in [0.1, 0.15) is 43.7 Å². The van der Waals surface area contributed by atoms with E-state index in [1.54, 1.807) is 14.2 Å². The molecule has 1 fully saturated rings. The van der Waals surface area contributed by atoms with Gasteiger partial charge in [0.15, 0.2) is 11.5 Å². The topological polar surface area (TPSA) is 67.8 Å². The van der Waals surface area contributed by atoms with E-state index in [9.17, 15) is 4.79 Å². The van der Waals surface area contributed by atoms with Crippen molar-refractivity contribution in [3.8, 4) is 11.5 Å². The van der Waals surface area contributed by atoms with E-state index in [0.717, 1.165) is 24.8 Å². The molecule has 22 heavy (non-hydrogen) atoms. The van der Waals surface area contributed by atoms with Gasteiger partial charge in [0.25, 0.3) is 0 Å². The zero-order valence-corrected chi connectivity index (χ0v) is 13.3. The maximum atomic E-state index is 12.0. The number of methoxy groups -OCH3 is 2. The molecule has 1 aromatic rings. The lowest BCUT2D eigenvalue weighted by atomic mass is 9.90. The predicted molar refractivity (Wildman–Crippen MR) is 84.4 cm³/mol. The van der Waals surface area contributed by atoms with Crippen molar-refractivity contribution < 1.29 is 19.4 Å². The Kier molecular flexibility index (Phi) is 6.21. The number of ether oxygens (including phenoxy) is 2. The van der Waals surface area contributed by atoms with Crippen molar-refractivity contribution in [1.82, 2.24) is 5.32 Å². The van der Waals surface area contributed by atoms with Gasteiger partial charge in [0.2, 0.25) is 0 Å². The summed E-state index contributed by atoms with van der Waals surface area (Å²) in [6, 6.07) is 5.98. The molecule has 1 aliphatic rings. The quantitative estimate of drug-likeness (QED) is 0.756. The molecule has 0 aliphatic carbocycles. The van der Waals surface area contributed by atoms with Gasteiger partial charge in [0.05, 0.1) is 14.2 Å². The van der Waals surface area contributed by atoms with E-state index in [4.69, 9.17) is 14.6 Å². The number of ketones is 1. The number of benzene rings is 1. The fourth-order valence-corrected chi connectivity index (χ4v) is 2.96. The molecule has 0 bridgehead atoms. The fraction of sp³-hybridized carbons (Fsp3) is 0.588. The van der Waals surface area contributed by atoms with Crippen LogP contribution < -0.4 is 14.8 Å². The molecule has 0 radical (unpaired) electrons. The first-order chi connectivity index (χ1) is 10.7. The van der Waals surface area contributed by atoms with E-state index >= 15 is 0 Å². The van der Waals surface area contributed by atoms with Gasteiger partial charge in [0, 0.05) is 31.5 Å². The van der Waals surface area contributed by atoms with Gasteiger partial charge >= 0.3 is 0 Å². The lowest BCUT2D eigenvalue weighted by molar-refractivity contribution is -0.121. The van der Waals surface area contributed by atoms with Gasteiger partial charge in [-0.3, -0.25) is 4.79 Å². The Bertz CT molecular complexity index is 503. The van der Waals surface area contributed by atoms with Crippen LogP contribution in [0, 0.1) is 0 Å². The Morgan fingerprint density at radius 1 is 1.18 bits per heavy atom. The van der Waals surface area contributed by atoms with Gasteiger partial charge in [-0.15, -0.1) is 0 Å². The Labute approximate surface area is 131 Å². The molecule has 1 heterocycles. The molecule has 0 amide bonds. The largest absolute Gasteiger partial charge is 0.493 e. The van der Waals surface area contributed by atoms with Crippen LogP contribution in [-0.2, 0) is 4.79 Å². The molecule has 1 aliphatic heterocycles. The second-order valence-electron chi connectivity index (χ2n) is 5.70. The van der Waals surface area contributed by atoms with E-state index in [-0.39, 0.29) is 24.5 Å². The lowest BCUT2D eigenvalue weighted by Crippen LogP contribution is -2.40. The number of nitrogens with one attached hydrogen (secondary N) is 1. The van der Waals surface area contributed by atoms with Gasteiger partial charge in [-0.25, -0.2) is 0 Å². The number of piperidine rings is 1. The van der Waals surface area contributed by atoms with Crippen molar-refractivity contribution in [3.05, 3.63) is 23.8 Å². The molecule has 0 saturated carbocycles. The molecular formula is C17H25NO4. The minimum Gasteiger partial charge on any atom is -0.493 e. The number of carbonyl (C=O) groups excluding carboxylic acids is 1. The summed E-state index contributed by atoms with van der Waals surface area (Å²) in [6.07, 6.45) is 3.71. The number of carbonyl (C=O) groups is 1. The number of unbranched alkanes of at least 4 members (excludes halogenated alkanes) is 1. The number of aliphatic hydroxyl groups excluding tert-OH is 1. The molecule has 1 saturated heterocycles. The summed E-state index contributed by atoms with van der Waals surface area (Å²) in [5.41, 5.74) is 1.04. The number of hydrogen-bond acceptors (Lipinski definition) is 5. The van der Waals surface area contributed by atoms with E-state index in [0.29, 0.717) is 24.3 Å². The van der Waals surface area contributed by atoms with Crippen LogP contribution >= 0.6 is 0 Å². The molecule has 0 aromatic heterocycles. The van der Waals surface area contributed by atoms with Gasteiger partial charge in [0.1, 0.15) is 5.78 Å². The summed E-state index contributed by atoms with van der Waals surface area (Å²) in [5, 5.41) is 12.4. The third-order valence-electron chi connectivity index (χ3n) is 4.11. The van der Waals surface area contributed by atoms with Crippen molar-refractivity contribution in [2.24, 2.45) is 0 Å². The average molecular weight is 307 g/mol. The van der Waals surface area contributed by atoms with Gasteiger partial charge in [-0.2, -0.15) is 0 Å². The second kappa shape index (κ2) is 8.15. The standard InChI is InChI=1S/C17H25NO4/c1-21-16-7-6-12(9-17(16)22-2)15-11-14(20)10-13(18-15)5-3-4-8-19/h6-7,9,13,15,18-19H,3-5,8,10-11H2,1-2H3/t13-,15-/m0/s1. The average Bonchev–Trinajstić information content (AvgIpc) is 2.54. The second-order valence-corrected chi connectivity index (χ2v) is 5.70. The third-order valence-corrected chi connectivity index (χ3v) is 4.11. The normalized spacial score (nSPS) is 21.7. The Morgan fingerprint density at radius 2 is 1.95 bits per heavy atom. The molecule has 0 unspecified atom stereocenters. The van der Waals surface area contributed by atoms with Gasteiger partial charge in [-0.1, -0.05) is 6.07 Å². The van der Waals surface area contributed by atoms with Gasteiger partial charge in [-0.05, 0) is 37.0 Å². The van der Waals surface area contributed by atoms with Crippen molar-refractivity contribution in [2.75, 3.05) is 20.8 Å². The fourth-order valence-electron chi connectivity index (χ4n) is 2.96. The van der Waals surface area contributed by atoms with E-state index in [1.807, 2.05) is 18.2 Å². The number of aliphatic hydroxyl groups is 1. The number of Topliss-reactive ketones (excluding diaryl/α,β-unsaturated/α-hetero) is 1. The van der Waals surface area contributed by atoms with Crippen molar-refractivity contribution in [1.29, 1.82) is 0 Å². The minimum absolute atomic E-state index is 0.0141. The van der Waals surface area contributed by atoms with Crippen LogP contribution in [-0.4, -0.2) is 37.8 Å². The lowest BCUT2D eigenvalue weighted by Gasteiger charge is -2.31. The van der Waals surface area contributed by atoms with E-state index in [1.165, 1.54) is 0 Å². The van der Waals surface area contributed by atoms with Crippen LogP contribution in [0.3, 0.4) is 0 Å². The molecule has 2 atom stereocenters. The molecular weight excluding hydrogens is 282 g/mol. The van der Waals surface area contributed by atoms with Gasteiger partial charge < -0.3 is 19.9 Å². The highest BCUT2D eigenvalue weighted by Crippen LogP contribution is 2.33. The summed E-state index contributed by atoms with van der Waals surface area (Å²) < 4.78 is 10.6. The molecule has 122 valence electrons. The molecule has 5 nitrogen and oxygen atoms in total. The minimum atomic E-state index is 0.0141. The molecule has 0 spiro atoms. The molecule has 2 N–H and O–H groups in total. The smallest absolute Gasteiger partial charge is 0.161 e. The maximum Gasteiger partial charge on any atom is 0.161 e. The van der Waals surface area contributed by atoms with E-state index < -0.39 is 0 Å². The Balaban J connectivity index is 2.08. The van der Waals surface area contributed by atoms with Crippen LogP contribution in [0.25, 0.3) is 0 Å². The Hall–Kier alpha value is -1.59. The highest BCUT2D eigenvalue weighted by Gasteiger charge is 2.27. The zero-order chi connectivity index (χ0) is 15.9. The molecule has 5 heteroatoms. The van der Waals surface area contributed by atoms with Crippen LogP contribution in [0.4, 0.5) is 0 Å². The van der Waals surface area contributed by atoms with Crippen molar-refractivity contribution in [2.45, 2.75) is 44.2 Å². The SMILES string of the molecule is COc1ccc([C@@H]2CC(=O)C[C@H](CCCCO)N2)cc1OC. The zero-order valence-electron chi connectivity index (χ0n) is 13.3. The molecule has 1 aromatic carbocycles. The summed E-state index contributed by atoms with van der Waals surface area (Å²) in [7, 11) is 3.22. The molecule has 2 rings (SSSR count). The van der Waals surface area contributed by atoms with E-state index in [2.05, 4.69) is 5.32 Å². The summed E-state index contributed by atoms with van der Waals surface area (Å²) in [5.74, 6) is 1.65.